The predicted octanol–water partition coefficient (Wildman–Crippen LogP) is 1.91. The number of rotatable bonds is 4. The lowest BCUT2D eigenvalue weighted by Gasteiger charge is -2.15. The first kappa shape index (κ1) is 12.2. The predicted molar refractivity (Wildman–Crippen MR) is 66.2 cm³/mol. The molecule has 0 unspecified atom stereocenters. The topological polar surface area (TPSA) is 78.8 Å². The SMILES string of the molecule is Cc1cc(NCN2C(=O)CCC2=O)ccc1N=O. The zero-order valence-electron chi connectivity index (χ0n) is 9.97. The van der Waals surface area contributed by atoms with Crippen LogP contribution in [0.1, 0.15) is 18.4 Å². The van der Waals surface area contributed by atoms with Gasteiger partial charge < -0.3 is 5.32 Å². The van der Waals surface area contributed by atoms with Gasteiger partial charge in [-0.3, -0.25) is 14.5 Å². The molecule has 0 aromatic heterocycles. The van der Waals surface area contributed by atoms with Gasteiger partial charge in [-0.25, -0.2) is 0 Å². The zero-order valence-corrected chi connectivity index (χ0v) is 9.97. The van der Waals surface area contributed by atoms with E-state index in [1.54, 1.807) is 25.1 Å². The maximum Gasteiger partial charge on any atom is 0.231 e. The molecule has 0 atom stereocenters. The molecule has 1 N–H and O–H groups in total. The fourth-order valence-electron chi connectivity index (χ4n) is 1.84. The Kier molecular flexibility index (Phi) is 3.36. The second kappa shape index (κ2) is 4.95. The fraction of sp³-hybridized carbons (Fsp3) is 0.333. The van der Waals surface area contributed by atoms with Gasteiger partial charge in [0.05, 0.1) is 6.67 Å². The van der Waals surface area contributed by atoms with Crippen molar-refractivity contribution in [3.05, 3.63) is 28.7 Å². The van der Waals surface area contributed by atoms with Gasteiger partial charge in [0.1, 0.15) is 5.69 Å². The second-order valence-corrected chi connectivity index (χ2v) is 4.14. The first-order chi connectivity index (χ1) is 8.61. The van der Waals surface area contributed by atoms with Crippen molar-refractivity contribution in [2.24, 2.45) is 5.18 Å². The molecule has 0 aliphatic carbocycles. The number of nitroso groups, excluding NO2 is 1. The molecular formula is C12H13N3O3. The molecule has 1 aromatic rings. The summed E-state index contributed by atoms with van der Waals surface area (Å²) in [6, 6.07) is 5.04. The molecule has 2 rings (SSSR count). The number of carbonyl (C=O) groups is 2. The molecule has 1 fully saturated rings. The minimum absolute atomic E-state index is 0.157. The molecule has 1 aliphatic heterocycles. The molecule has 0 spiro atoms. The lowest BCUT2D eigenvalue weighted by molar-refractivity contribution is -0.137. The van der Waals surface area contributed by atoms with E-state index < -0.39 is 0 Å². The van der Waals surface area contributed by atoms with Crippen molar-refractivity contribution in [1.29, 1.82) is 0 Å². The Bertz CT molecular complexity index is 497. The van der Waals surface area contributed by atoms with Crippen molar-refractivity contribution in [3.63, 3.8) is 0 Å². The van der Waals surface area contributed by atoms with Crippen LogP contribution in [0, 0.1) is 11.8 Å². The van der Waals surface area contributed by atoms with Crippen molar-refractivity contribution < 1.29 is 9.59 Å². The molecule has 18 heavy (non-hydrogen) atoms. The van der Waals surface area contributed by atoms with Crippen LogP contribution in [0.15, 0.2) is 23.4 Å². The van der Waals surface area contributed by atoms with Crippen molar-refractivity contribution in [2.75, 3.05) is 12.0 Å². The summed E-state index contributed by atoms with van der Waals surface area (Å²) < 4.78 is 0. The summed E-state index contributed by atoms with van der Waals surface area (Å²) in [5.41, 5.74) is 1.87. The maximum absolute atomic E-state index is 11.4. The van der Waals surface area contributed by atoms with Crippen LogP contribution in [0.4, 0.5) is 11.4 Å². The van der Waals surface area contributed by atoms with Gasteiger partial charge in [-0.05, 0) is 35.9 Å². The minimum atomic E-state index is -0.157. The largest absolute Gasteiger partial charge is 0.367 e. The summed E-state index contributed by atoms with van der Waals surface area (Å²) in [7, 11) is 0. The number of hydrogen-bond donors (Lipinski definition) is 1. The summed E-state index contributed by atoms with van der Waals surface area (Å²) in [6.07, 6.45) is 0.571. The van der Waals surface area contributed by atoms with Crippen molar-refractivity contribution >= 4 is 23.2 Å². The molecule has 1 aromatic carbocycles. The normalized spacial score (nSPS) is 15.1. The van der Waals surface area contributed by atoms with Gasteiger partial charge >= 0.3 is 0 Å². The first-order valence-electron chi connectivity index (χ1n) is 5.63. The van der Waals surface area contributed by atoms with Crippen LogP contribution < -0.4 is 5.32 Å². The van der Waals surface area contributed by atoms with Crippen LogP contribution in [-0.2, 0) is 9.59 Å². The van der Waals surface area contributed by atoms with E-state index in [0.29, 0.717) is 5.69 Å². The summed E-state index contributed by atoms with van der Waals surface area (Å²) in [5, 5.41) is 5.86. The zero-order chi connectivity index (χ0) is 13.1. The first-order valence-corrected chi connectivity index (χ1v) is 5.63. The molecule has 0 radical (unpaired) electrons. The lowest BCUT2D eigenvalue weighted by Crippen LogP contribution is -2.33. The third-order valence-corrected chi connectivity index (χ3v) is 2.89. The van der Waals surface area contributed by atoms with Gasteiger partial charge in [-0.2, -0.15) is 0 Å². The molecule has 94 valence electrons. The molecule has 1 aliphatic rings. The van der Waals surface area contributed by atoms with E-state index in [2.05, 4.69) is 10.5 Å². The number of hydrogen-bond acceptors (Lipinski definition) is 5. The van der Waals surface area contributed by atoms with Gasteiger partial charge in [-0.15, -0.1) is 4.91 Å². The molecule has 2 amide bonds. The fourth-order valence-corrected chi connectivity index (χ4v) is 1.84. The van der Waals surface area contributed by atoms with Gasteiger partial charge in [0, 0.05) is 18.5 Å². The van der Waals surface area contributed by atoms with Crippen LogP contribution in [0.2, 0.25) is 0 Å². The summed E-state index contributed by atoms with van der Waals surface area (Å²) >= 11 is 0. The molecule has 1 saturated heterocycles. The van der Waals surface area contributed by atoms with E-state index in [-0.39, 0.29) is 31.3 Å². The van der Waals surface area contributed by atoms with Crippen LogP contribution in [0.3, 0.4) is 0 Å². The Balaban J connectivity index is 2.02. The van der Waals surface area contributed by atoms with Crippen molar-refractivity contribution in [3.8, 4) is 0 Å². The number of aryl methyl sites for hydroxylation is 1. The number of imide groups is 1. The number of carbonyl (C=O) groups excluding carboxylic acids is 2. The lowest BCUT2D eigenvalue weighted by atomic mass is 10.2. The van der Waals surface area contributed by atoms with E-state index in [1.165, 1.54) is 4.90 Å². The molecule has 0 saturated carbocycles. The van der Waals surface area contributed by atoms with Gasteiger partial charge in [0.15, 0.2) is 0 Å². The van der Waals surface area contributed by atoms with Crippen molar-refractivity contribution in [1.82, 2.24) is 4.90 Å². The third-order valence-electron chi connectivity index (χ3n) is 2.89. The van der Waals surface area contributed by atoms with Gasteiger partial charge in [0.2, 0.25) is 11.8 Å². The quantitative estimate of drug-likeness (QED) is 0.651. The molecule has 0 bridgehead atoms. The highest BCUT2D eigenvalue weighted by Crippen LogP contribution is 2.22. The van der Waals surface area contributed by atoms with E-state index in [4.69, 9.17) is 0 Å². The van der Waals surface area contributed by atoms with E-state index in [9.17, 15) is 14.5 Å². The molecule has 6 nitrogen and oxygen atoms in total. The number of amides is 2. The Morgan fingerprint density at radius 2 is 1.94 bits per heavy atom. The number of nitrogens with one attached hydrogen (secondary N) is 1. The highest BCUT2D eigenvalue weighted by Gasteiger charge is 2.28. The number of nitrogens with zero attached hydrogens (tertiary/aromatic N) is 2. The summed E-state index contributed by atoms with van der Waals surface area (Å²) in [4.78, 5) is 34.4. The van der Waals surface area contributed by atoms with Crippen LogP contribution in [0.5, 0.6) is 0 Å². The summed E-state index contributed by atoms with van der Waals surface area (Å²) in [5.74, 6) is -0.314. The van der Waals surface area contributed by atoms with Crippen LogP contribution in [-0.4, -0.2) is 23.4 Å². The van der Waals surface area contributed by atoms with E-state index in [0.717, 1.165) is 11.3 Å². The Morgan fingerprint density at radius 1 is 1.28 bits per heavy atom. The number of benzene rings is 1. The standard InChI is InChI=1S/C12H13N3O3/c1-8-6-9(2-3-10(8)14-18)13-7-15-11(16)4-5-12(15)17/h2-3,6,13H,4-5,7H2,1H3. The highest BCUT2D eigenvalue weighted by atomic mass is 16.3. The monoisotopic (exact) mass is 247 g/mol. The van der Waals surface area contributed by atoms with Crippen LogP contribution in [0.25, 0.3) is 0 Å². The average Bonchev–Trinajstić information content (AvgIpc) is 2.67. The van der Waals surface area contributed by atoms with Crippen molar-refractivity contribution in [2.45, 2.75) is 19.8 Å². The molecular weight excluding hydrogens is 234 g/mol. The average molecular weight is 247 g/mol. The third kappa shape index (κ3) is 2.37. The Labute approximate surface area is 104 Å². The Hall–Kier alpha value is -2.24. The Morgan fingerprint density at radius 3 is 2.50 bits per heavy atom. The summed E-state index contributed by atoms with van der Waals surface area (Å²) in [6.45, 7) is 1.93. The maximum atomic E-state index is 11.4. The van der Waals surface area contributed by atoms with E-state index in [1.807, 2.05) is 0 Å². The second-order valence-electron chi connectivity index (χ2n) is 4.14. The molecule has 1 heterocycles. The number of anilines is 1. The van der Waals surface area contributed by atoms with Crippen LogP contribution >= 0.6 is 0 Å². The number of likely N-dealkylation sites (tertiary alicyclic amines) is 1. The smallest absolute Gasteiger partial charge is 0.231 e. The van der Waals surface area contributed by atoms with E-state index >= 15 is 0 Å². The minimum Gasteiger partial charge on any atom is -0.367 e. The molecule has 6 heteroatoms. The highest BCUT2D eigenvalue weighted by molar-refractivity contribution is 6.02. The van der Waals surface area contributed by atoms with Gasteiger partial charge in [-0.1, -0.05) is 0 Å². The van der Waals surface area contributed by atoms with Gasteiger partial charge in [0.25, 0.3) is 0 Å².